The predicted octanol–water partition coefficient (Wildman–Crippen LogP) is 4.41. The van der Waals surface area contributed by atoms with E-state index in [9.17, 15) is 14.3 Å². The summed E-state index contributed by atoms with van der Waals surface area (Å²) in [5, 5.41) is 13.8. The number of nitrogens with one attached hydrogen (secondary N) is 1. The maximum absolute atomic E-state index is 14.4. The number of phenols is 1. The molecule has 2 heterocycles. The largest absolute Gasteiger partial charge is 0.507 e. The SMILES string of the molecule is NCCc1ccc(-c2c(O)ccc3[nH]c(=O)c4scc(Cl)c4c23)cc1F. The lowest BCUT2D eigenvalue weighted by Gasteiger charge is -2.12. The van der Waals surface area contributed by atoms with Crippen molar-refractivity contribution >= 4 is 43.9 Å². The van der Waals surface area contributed by atoms with Crippen molar-refractivity contribution in [2.24, 2.45) is 5.73 Å². The van der Waals surface area contributed by atoms with E-state index in [4.69, 9.17) is 17.3 Å². The molecule has 0 spiro atoms. The molecule has 0 radical (unpaired) electrons. The van der Waals surface area contributed by atoms with Gasteiger partial charge in [-0.05, 0) is 42.3 Å². The molecule has 0 unspecified atom stereocenters. The summed E-state index contributed by atoms with van der Waals surface area (Å²) in [5.41, 5.74) is 7.24. The third-order valence-electron chi connectivity index (χ3n) is 4.39. The summed E-state index contributed by atoms with van der Waals surface area (Å²) in [6.07, 6.45) is 0.432. The highest BCUT2D eigenvalue weighted by Crippen LogP contribution is 2.42. The van der Waals surface area contributed by atoms with Crippen LogP contribution in [0.3, 0.4) is 0 Å². The molecule has 4 nitrogen and oxygen atoms in total. The van der Waals surface area contributed by atoms with E-state index in [0.717, 1.165) is 0 Å². The fourth-order valence-electron chi connectivity index (χ4n) is 3.22. The first-order chi connectivity index (χ1) is 12.5. The van der Waals surface area contributed by atoms with E-state index in [1.165, 1.54) is 23.5 Å². The van der Waals surface area contributed by atoms with Gasteiger partial charge in [0.05, 0.1) is 5.02 Å². The standard InChI is InChI=1S/C19H14ClFN2O2S/c20-11-8-26-18-16(11)17-13(23-19(18)25)3-4-14(24)15(17)10-2-1-9(5-6-22)12(21)7-10/h1-4,7-8,24H,5-6,22H2,(H,23,25). The van der Waals surface area contributed by atoms with Gasteiger partial charge in [0.25, 0.3) is 5.56 Å². The third kappa shape index (κ3) is 2.58. The van der Waals surface area contributed by atoms with Crippen molar-refractivity contribution in [3.05, 3.63) is 62.5 Å². The summed E-state index contributed by atoms with van der Waals surface area (Å²) in [6.45, 7) is 0.349. The number of aromatic hydroxyl groups is 1. The van der Waals surface area contributed by atoms with E-state index in [2.05, 4.69) is 4.98 Å². The normalized spacial score (nSPS) is 11.5. The van der Waals surface area contributed by atoms with Crippen LogP contribution in [0.5, 0.6) is 5.75 Å². The second-order valence-corrected chi connectivity index (χ2v) is 7.26. The number of halogens is 2. The number of pyridine rings is 1. The summed E-state index contributed by atoms with van der Waals surface area (Å²) in [7, 11) is 0. The van der Waals surface area contributed by atoms with E-state index >= 15 is 0 Å². The summed E-state index contributed by atoms with van der Waals surface area (Å²) in [5.74, 6) is -0.402. The van der Waals surface area contributed by atoms with Gasteiger partial charge in [0.15, 0.2) is 0 Å². The maximum atomic E-state index is 14.4. The number of hydrogen-bond donors (Lipinski definition) is 3. The van der Waals surface area contributed by atoms with Crippen molar-refractivity contribution in [2.45, 2.75) is 6.42 Å². The number of H-pyrrole nitrogens is 1. The number of benzene rings is 2. The number of thiophene rings is 1. The molecule has 0 atom stereocenters. The Morgan fingerprint density at radius 3 is 2.77 bits per heavy atom. The molecule has 4 N–H and O–H groups in total. The average Bonchev–Trinajstić information content (AvgIpc) is 3.00. The monoisotopic (exact) mass is 388 g/mol. The van der Waals surface area contributed by atoms with Gasteiger partial charge in [-0.1, -0.05) is 23.7 Å². The van der Waals surface area contributed by atoms with Crippen molar-refractivity contribution in [1.82, 2.24) is 4.98 Å². The average molecular weight is 389 g/mol. The highest BCUT2D eigenvalue weighted by atomic mass is 35.5. The van der Waals surface area contributed by atoms with E-state index in [0.29, 0.717) is 55.7 Å². The van der Waals surface area contributed by atoms with E-state index in [1.54, 1.807) is 23.6 Å². The lowest BCUT2D eigenvalue weighted by Crippen LogP contribution is -2.05. The predicted molar refractivity (Wildman–Crippen MR) is 105 cm³/mol. The molecule has 4 rings (SSSR count). The third-order valence-corrected chi connectivity index (χ3v) is 5.80. The Morgan fingerprint density at radius 1 is 1.23 bits per heavy atom. The topological polar surface area (TPSA) is 79.1 Å². The van der Waals surface area contributed by atoms with Gasteiger partial charge in [-0.15, -0.1) is 11.3 Å². The van der Waals surface area contributed by atoms with E-state index < -0.39 is 0 Å². The Morgan fingerprint density at radius 2 is 2.04 bits per heavy atom. The van der Waals surface area contributed by atoms with Crippen LogP contribution in [0.4, 0.5) is 4.39 Å². The fraction of sp³-hybridized carbons (Fsp3) is 0.105. The van der Waals surface area contributed by atoms with E-state index in [-0.39, 0.29) is 17.1 Å². The number of aromatic amines is 1. The van der Waals surface area contributed by atoms with Crippen LogP contribution >= 0.6 is 22.9 Å². The molecule has 4 aromatic rings. The quantitative estimate of drug-likeness (QED) is 0.486. The van der Waals surface area contributed by atoms with Gasteiger partial charge in [-0.25, -0.2) is 4.39 Å². The number of hydrogen-bond acceptors (Lipinski definition) is 4. The summed E-state index contributed by atoms with van der Waals surface area (Å²) in [4.78, 5) is 15.1. The molecule has 0 saturated carbocycles. The van der Waals surface area contributed by atoms with Crippen molar-refractivity contribution in [3.8, 4) is 16.9 Å². The first kappa shape index (κ1) is 17.0. The van der Waals surface area contributed by atoms with Crippen LogP contribution in [0.2, 0.25) is 5.02 Å². The summed E-state index contributed by atoms with van der Waals surface area (Å²) in [6, 6.07) is 7.86. The lowest BCUT2D eigenvalue weighted by atomic mass is 9.96. The minimum absolute atomic E-state index is 0.0147. The van der Waals surface area contributed by atoms with Crippen LogP contribution in [0, 0.1) is 5.82 Å². The number of phenolic OH excluding ortho intramolecular Hbond substituents is 1. The first-order valence-corrected chi connectivity index (χ1v) is 9.20. The van der Waals surface area contributed by atoms with Crippen LogP contribution < -0.4 is 11.3 Å². The van der Waals surface area contributed by atoms with Crippen LogP contribution in [0.1, 0.15) is 5.56 Å². The van der Waals surface area contributed by atoms with Crippen molar-refractivity contribution in [2.75, 3.05) is 6.54 Å². The Hall–Kier alpha value is -2.41. The first-order valence-electron chi connectivity index (χ1n) is 7.94. The Labute approximate surface area is 156 Å². The zero-order valence-corrected chi connectivity index (χ0v) is 15.0. The van der Waals surface area contributed by atoms with Crippen LogP contribution in [0.25, 0.3) is 32.1 Å². The van der Waals surface area contributed by atoms with Crippen LogP contribution in [-0.4, -0.2) is 16.6 Å². The minimum atomic E-state index is -0.388. The van der Waals surface area contributed by atoms with Gasteiger partial charge in [0.1, 0.15) is 16.3 Å². The molecular weight excluding hydrogens is 375 g/mol. The van der Waals surface area contributed by atoms with Crippen molar-refractivity contribution < 1.29 is 9.50 Å². The van der Waals surface area contributed by atoms with Gasteiger partial charge in [-0.3, -0.25) is 4.79 Å². The second-order valence-electron chi connectivity index (χ2n) is 5.97. The molecule has 26 heavy (non-hydrogen) atoms. The molecule has 7 heteroatoms. The highest BCUT2D eigenvalue weighted by molar-refractivity contribution is 7.18. The molecule has 0 saturated heterocycles. The van der Waals surface area contributed by atoms with Gasteiger partial charge in [0.2, 0.25) is 0 Å². The van der Waals surface area contributed by atoms with Crippen molar-refractivity contribution in [3.63, 3.8) is 0 Å². The number of fused-ring (bicyclic) bond motifs is 3. The minimum Gasteiger partial charge on any atom is -0.507 e. The molecule has 0 bridgehead atoms. The molecule has 2 aromatic carbocycles. The maximum Gasteiger partial charge on any atom is 0.266 e. The van der Waals surface area contributed by atoms with E-state index in [1.807, 2.05) is 0 Å². The zero-order chi connectivity index (χ0) is 18.4. The number of nitrogens with two attached hydrogens (primary N) is 1. The molecule has 0 aliphatic heterocycles. The molecule has 0 fully saturated rings. The molecule has 132 valence electrons. The smallest absolute Gasteiger partial charge is 0.266 e. The van der Waals surface area contributed by atoms with Gasteiger partial charge in [0, 0.05) is 27.2 Å². The Kier molecular flexibility index (Phi) is 4.19. The molecule has 0 aliphatic rings. The molecule has 0 amide bonds. The Balaban J connectivity index is 2.11. The zero-order valence-electron chi connectivity index (χ0n) is 13.5. The van der Waals surface area contributed by atoms with Crippen LogP contribution in [-0.2, 0) is 6.42 Å². The Bertz CT molecular complexity index is 1220. The van der Waals surface area contributed by atoms with Gasteiger partial charge < -0.3 is 15.8 Å². The lowest BCUT2D eigenvalue weighted by molar-refractivity contribution is 0.478. The summed E-state index contributed by atoms with van der Waals surface area (Å²) >= 11 is 7.55. The van der Waals surface area contributed by atoms with Crippen LogP contribution in [0.15, 0.2) is 40.5 Å². The molecular formula is C19H14ClFN2O2S. The van der Waals surface area contributed by atoms with Crippen molar-refractivity contribution in [1.29, 1.82) is 0 Å². The number of rotatable bonds is 3. The second kappa shape index (κ2) is 6.39. The van der Waals surface area contributed by atoms with Gasteiger partial charge >= 0.3 is 0 Å². The molecule has 2 aromatic heterocycles. The summed E-state index contributed by atoms with van der Waals surface area (Å²) < 4.78 is 14.9. The highest BCUT2D eigenvalue weighted by Gasteiger charge is 2.18. The number of aromatic nitrogens is 1. The van der Waals surface area contributed by atoms with Gasteiger partial charge in [-0.2, -0.15) is 0 Å². The molecule has 0 aliphatic carbocycles. The fourth-order valence-corrected chi connectivity index (χ4v) is 4.43.